The summed E-state index contributed by atoms with van der Waals surface area (Å²) >= 11 is 13.8. The van der Waals surface area contributed by atoms with Gasteiger partial charge in [0.25, 0.3) is 0 Å². The lowest BCUT2D eigenvalue weighted by Gasteiger charge is -2.20. The Morgan fingerprint density at radius 2 is 1.46 bits per heavy atom. The van der Waals surface area contributed by atoms with Gasteiger partial charge in [-0.1, -0.05) is 40.6 Å². The van der Waals surface area contributed by atoms with Gasteiger partial charge in [-0.3, -0.25) is 0 Å². The Balaban J connectivity index is 1.67. The van der Waals surface area contributed by atoms with E-state index in [0.717, 1.165) is 12.5 Å². The molecule has 184 valence electrons. The van der Waals surface area contributed by atoms with Crippen LogP contribution in [0.15, 0.2) is 42.5 Å². The fraction of sp³-hybridized carbons (Fsp3) is 0.150. The van der Waals surface area contributed by atoms with Gasteiger partial charge >= 0.3 is 0 Å². The van der Waals surface area contributed by atoms with Gasteiger partial charge in [0, 0.05) is 5.69 Å². The third kappa shape index (κ3) is 5.59. The van der Waals surface area contributed by atoms with E-state index in [-0.39, 0.29) is 5.69 Å². The Hall–Kier alpha value is -2.71. The molecule has 0 atom stereocenters. The number of nitrogens with one attached hydrogen (secondary N) is 2. The first-order valence-electron chi connectivity index (χ1n) is 9.77. The summed E-state index contributed by atoms with van der Waals surface area (Å²) in [6.45, 7) is 1.74. The zero-order valence-electron chi connectivity index (χ0n) is 18.4. The summed E-state index contributed by atoms with van der Waals surface area (Å²) in [6, 6.07) is 11.0. The molecule has 0 aliphatic heterocycles. The quantitative estimate of drug-likeness (QED) is 0.316. The number of nitrogens with zero attached hydrogens (tertiary/aromatic N) is 4. The van der Waals surface area contributed by atoms with Crippen molar-refractivity contribution in [2.75, 3.05) is 26.9 Å². The molecule has 0 saturated heterocycles. The summed E-state index contributed by atoms with van der Waals surface area (Å²) in [5.74, 6) is 0.917. The Morgan fingerprint density at radius 3 is 2.03 bits per heavy atom. The van der Waals surface area contributed by atoms with Crippen LogP contribution >= 0.6 is 34.5 Å². The van der Waals surface area contributed by atoms with Crippen LogP contribution in [0, 0.1) is 6.92 Å². The van der Waals surface area contributed by atoms with Crippen molar-refractivity contribution in [1.29, 1.82) is 0 Å². The Bertz CT molecular complexity index is 1590. The van der Waals surface area contributed by atoms with Crippen molar-refractivity contribution >= 4 is 92.9 Å². The van der Waals surface area contributed by atoms with Gasteiger partial charge < -0.3 is 10.6 Å². The SMILES string of the molecule is Cc1nc(Nc2ccc(N(S(C)(=O)=O)S(C)(=O)=O)cc2)c2nc(Nc3c(Cl)cccc3Cl)sc2n1. The molecule has 0 bridgehead atoms. The lowest BCUT2D eigenvalue weighted by Crippen LogP contribution is -2.35. The van der Waals surface area contributed by atoms with Gasteiger partial charge in [-0.2, -0.15) is 3.71 Å². The van der Waals surface area contributed by atoms with Crippen LogP contribution in [0.1, 0.15) is 5.82 Å². The number of aromatic nitrogens is 3. The number of para-hydroxylation sites is 1. The highest BCUT2D eigenvalue weighted by atomic mass is 35.5. The molecule has 2 N–H and O–H groups in total. The Labute approximate surface area is 216 Å². The van der Waals surface area contributed by atoms with E-state index >= 15 is 0 Å². The van der Waals surface area contributed by atoms with E-state index < -0.39 is 20.0 Å². The molecule has 0 aliphatic rings. The number of hydrogen-bond acceptors (Lipinski definition) is 10. The lowest BCUT2D eigenvalue weighted by molar-refractivity contribution is 0.590. The number of aryl methyl sites for hydroxylation is 1. The number of fused-ring (bicyclic) bond motifs is 1. The van der Waals surface area contributed by atoms with Crippen molar-refractivity contribution in [1.82, 2.24) is 15.0 Å². The highest BCUT2D eigenvalue weighted by Crippen LogP contribution is 2.36. The van der Waals surface area contributed by atoms with Crippen molar-refractivity contribution < 1.29 is 16.8 Å². The summed E-state index contributed by atoms with van der Waals surface area (Å²) in [5, 5.41) is 7.63. The number of halogens is 2. The Kier molecular flexibility index (Phi) is 6.81. The molecule has 0 saturated carbocycles. The highest BCUT2D eigenvalue weighted by Gasteiger charge is 2.27. The third-order valence-corrected chi connectivity index (χ3v) is 9.25. The fourth-order valence-corrected chi connectivity index (χ4v) is 7.58. The van der Waals surface area contributed by atoms with E-state index in [4.69, 9.17) is 23.2 Å². The topological polar surface area (TPSA) is 134 Å². The van der Waals surface area contributed by atoms with Gasteiger partial charge in [0.2, 0.25) is 20.0 Å². The highest BCUT2D eigenvalue weighted by molar-refractivity contribution is 8.09. The largest absolute Gasteiger partial charge is 0.338 e. The molecule has 0 amide bonds. The molecule has 15 heteroatoms. The van der Waals surface area contributed by atoms with Gasteiger partial charge in [-0.05, 0) is 43.3 Å². The number of rotatable bonds is 7. The maximum atomic E-state index is 12.0. The molecule has 4 aromatic rings. The predicted molar refractivity (Wildman–Crippen MR) is 142 cm³/mol. The summed E-state index contributed by atoms with van der Waals surface area (Å²) < 4.78 is 48.4. The molecular weight excluding hydrogens is 555 g/mol. The minimum Gasteiger partial charge on any atom is -0.338 e. The van der Waals surface area contributed by atoms with Gasteiger partial charge in [0.15, 0.2) is 15.8 Å². The minimum atomic E-state index is -4.04. The summed E-state index contributed by atoms with van der Waals surface area (Å²) in [7, 11) is -8.08. The molecule has 0 radical (unpaired) electrons. The molecule has 4 rings (SSSR count). The number of benzene rings is 2. The zero-order valence-corrected chi connectivity index (χ0v) is 22.4. The van der Waals surface area contributed by atoms with Crippen LogP contribution in [0.2, 0.25) is 10.0 Å². The van der Waals surface area contributed by atoms with E-state index in [9.17, 15) is 16.8 Å². The summed E-state index contributed by atoms with van der Waals surface area (Å²) in [4.78, 5) is 14.1. The molecule has 10 nitrogen and oxygen atoms in total. The first-order valence-corrected chi connectivity index (χ1v) is 15.0. The van der Waals surface area contributed by atoms with Gasteiger partial charge in [0.05, 0.1) is 33.9 Å². The van der Waals surface area contributed by atoms with Crippen LogP contribution in [0.5, 0.6) is 0 Å². The van der Waals surface area contributed by atoms with Gasteiger partial charge in [0.1, 0.15) is 11.3 Å². The number of sulfonamides is 2. The molecule has 0 fully saturated rings. The van der Waals surface area contributed by atoms with Crippen LogP contribution in [0.4, 0.5) is 28.0 Å². The Morgan fingerprint density at radius 1 is 0.857 bits per heavy atom. The smallest absolute Gasteiger partial charge is 0.245 e. The van der Waals surface area contributed by atoms with Crippen LogP contribution in [-0.2, 0) is 20.0 Å². The average molecular weight is 574 g/mol. The van der Waals surface area contributed by atoms with Gasteiger partial charge in [-0.15, -0.1) is 0 Å². The van der Waals surface area contributed by atoms with Crippen LogP contribution in [0.25, 0.3) is 10.3 Å². The molecule has 35 heavy (non-hydrogen) atoms. The molecule has 2 heterocycles. The van der Waals surface area contributed by atoms with Crippen LogP contribution < -0.4 is 14.3 Å². The standard InChI is InChI=1S/C20H18Cl2N6O4S3/c1-11-23-18(25-12-7-9-13(10-8-12)28(34(2,29)30)35(3,31)32)17-19(24-11)33-20(27-17)26-16-14(21)5-4-6-15(16)22/h4-10H,1-3H3,(H,26,27)(H,23,24,25). The first-order chi connectivity index (χ1) is 16.3. The summed E-state index contributed by atoms with van der Waals surface area (Å²) in [5.41, 5.74) is 1.53. The first kappa shape index (κ1) is 25.4. The van der Waals surface area contributed by atoms with Crippen molar-refractivity contribution in [3.05, 3.63) is 58.3 Å². The molecule has 2 aromatic heterocycles. The van der Waals surface area contributed by atoms with Crippen LogP contribution in [-0.4, -0.2) is 44.3 Å². The van der Waals surface area contributed by atoms with Crippen molar-refractivity contribution in [3.8, 4) is 0 Å². The molecular formula is C20H18Cl2N6O4S3. The van der Waals surface area contributed by atoms with E-state index in [1.54, 1.807) is 25.1 Å². The average Bonchev–Trinajstić information content (AvgIpc) is 3.13. The maximum absolute atomic E-state index is 12.0. The molecule has 0 aliphatic carbocycles. The van der Waals surface area contributed by atoms with Crippen molar-refractivity contribution in [3.63, 3.8) is 0 Å². The monoisotopic (exact) mass is 572 g/mol. The second-order valence-electron chi connectivity index (χ2n) is 7.41. The number of anilines is 5. The number of thiazole rings is 1. The maximum Gasteiger partial charge on any atom is 0.245 e. The van der Waals surface area contributed by atoms with E-state index in [1.807, 2.05) is 0 Å². The van der Waals surface area contributed by atoms with E-state index in [0.29, 0.717) is 52.3 Å². The predicted octanol–water partition coefficient (Wildman–Crippen LogP) is 4.91. The van der Waals surface area contributed by atoms with Crippen LogP contribution in [0.3, 0.4) is 0 Å². The van der Waals surface area contributed by atoms with E-state index in [1.165, 1.54) is 35.6 Å². The normalized spacial score (nSPS) is 12.0. The van der Waals surface area contributed by atoms with E-state index in [2.05, 4.69) is 25.6 Å². The van der Waals surface area contributed by atoms with Crippen molar-refractivity contribution in [2.24, 2.45) is 0 Å². The molecule has 0 spiro atoms. The fourth-order valence-electron chi connectivity index (χ4n) is 3.23. The third-order valence-electron chi connectivity index (χ3n) is 4.51. The van der Waals surface area contributed by atoms with Gasteiger partial charge in [-0.25, -0.2) is 31.8 Å². The summed E-state index contributed by atoms with van der Waals surface area (Å²) in [6.07, 6.45) is 1.65. The van der Waals surface area contributed by atoms with Crippen molar-refractivity contribution in [2.45, 2.75) is 6.92 Å². The lowest BCUT2D eigenvalue weighted by atomic mass is 10.3. The molecule has 2 aromatic carbocycles. The second-order valence-corrected chi connectivity index (χ2v) is 13.1. The minimum absolute atomic E-state index is 0.0127. The second kappa shape index (κ2) is 9.39. The zero-order chi connectivity index (χ0) is 25.5. The molecule has 0 unspecified atom stereocenters. The number of hydrogen-bond donors (Lipinski definition) is 2.